The molecule has 0 aromatic heterocycles. The molecule has 1 N–H and O–H groups in total. The fourth-order valence-corrected chi connectivity index (χ4v) is 4.61. The van der Waals surface area contributed by atoms with Crippen molar-refractivity contribution in [2.45, 2.75) is 31.4 Å². The average molecular weight is 313 g/mol. The molecule has 0 radical (unpaired) electrons. The smallest absolute Gasteiger partial charge is 0.237 e. The number of hydrogen-bond donors (Lipinski definition) is 1. The van der Waals surface area contributed by atoms with Gasteiger partial charge in [-0.2, -0.15) is 11.8 Å². The molecule has 1 amide bonds. The van der Waals surface area contributed by atoms with E-state index in [0.29, 0.717) is 18.5 Å². The lowest BCUT2D eigenvalue weighted by molar-refractivity contribution is -0.136. The van der Waals surface area contributed by atoms with Crippen LogP contribution in [0.2, 0.25) is 0 Å². The normalized spacial score (nSPS) is 30.7. The maximum absolute atomic E-state index is 12.8. The van der Waals surface area contributed by atoms with Crippen LogP contribution in [0.25, 0.3) is 0 Å². The fraction of sp³-hybridized carbons (Fsp3) is 0.933. The van der Waals surface area contributed by atoms with E-state index in [4.69, 9.17) is 4.74 Å². The maximum Gasteiger partial charge on any atom is 0.237 e. The molecule has 3 aliphatic rings. The Bertz CT molecular complexity index is 338. The van der Waals surface area contributed by atoms with Gasteiger partial charge in [0.05, 0.1) is 12.6 Å². The van der Waals surface area contributed by atoms with Crippen LogP contribution in [-0.2, 0) is 9.53 Å². The van der Waals surface area contributed by atoms with Gasteiger partial charge in [-0.15, -0.1) is 0 Å². The molecule has 3 rings (SSSR count). The number of piperazine rings is 1. The topological polar surface area (TPSA) is 44.8 Å². The van der Waals surface area contributed by atoms with E-state index in [-0.39, 0.29) is 6.10 Å². The number of carbonyl (C=O) groups is 1. The lowest BCUT2D eigenvalue weighted by Crippen LogP contribution is -2.52. The van der Waals surface area contributed by atoms with Crippen molar-refractivity contribution in [1.29, 1.82) is 0 Å². The Morgan fingerprint density at radius 3 is 2.86 bits per heavy atom. The molecule has 0 bridgehead atoms. The Kier molecular flexibility index (Phi) is 5.80. The van der Waals surface area contributed by atoms with E-state index in [0.717, 1.165) is 64.3 Å². The molecule has 2 unspecified atom stereocenters. The summed E-state index contributed by atoms with van der Waals surface area (Å²) in [6.45, 7) is 6.21. The highest BCUT2D eigenvalue weighted by Crippen LogP contribution is 2.24. The van der Waals surface area contributed by atoms with Crippen LogP contribution in [0.3, 0.4) is 0 Å². The van der Waals surface area contributed by atoms with Crippen molar-refractivity contribution < 1.29 is 9.53 Å². The third-order valence-corrected chi connectivity index (χ3v) is 5.80. The summed E-state index contributed by atoms with van der Waals surface area (Å²) >= 11 is 1.97. The van der Waals surface area contributed by atoms with Crippen molar-refractivity contribution in [3.8, 4) is 0 Å². The number of nitrogens with one attached hydrogen (secondary N) is 1. The number of carbonyl (C=O) groups excluding carboxylic acids is 1. The summed E-state index contributed by atoms with van der Waals surface area (Å²) in [7, 11) is 0. The van der Waals surface area contributed by atoms with E-state index in [1.807, 2.05) is 11.8 Å². The van der Waals surface area contributed by atoms with Crippen molar-refractivity contribution in [2.75, 3.05) is 57.4 Å². The number of nitrogens with zero attached hydrogens (tertiary/aromatic N) is 2. The number of ether oxygens (including phenoxy) is 1. The Morgan fingerprint density at radius 1 is 1.33 bits per heavy atom. The van der Waals surface area contributed by atoms with Crippen LogP contribution in [-0.4, -0.2) is 85.2 Å². The first-order chi connectivity index (χ1) is 10.3. The Morgan fingerprint density at radius 2 is 2.19 bits per heavy atom. The average Bonchev–Trinajstić information content (AvgIpc) is 3.19. The standard InChI is InChI=1S/C15H27N3O2S/c19-15(11-17-6-4-16-5-7-17)18(13-3-9-21-12-13)10-14-2-1-8-20-14/h13-14,16H,1-12H2. The van der Waals surface area contributed by atoms with E-state index < -0.39 is 0 Å². The predicted octanol–water partition coefficient (Wildman–Crippen LogP) is 0.405. The molecule has 3 fully saturated rings. The molecule has 3 saturated heterocycles. The van der Waals surface area contributed by atoms with Crippen LogP contribution < -0.4 is 5.32 Å². The van der Waals surface area contributed by atoms with Gasteiger partial charge >= 0.3 is 0 Å². The van der Waals surface area contributed by atoms with Gasteiger partial charge in [0.15, 0.2) is 0 Å². The zero-order valence-corrected chi connectivity index (χ0v) is 13.6. The largest absolute Gasteiger partial charge is 0.376 e. The third-order valence-electron chi connectivity index (χ3n) is 4.66. The molecule has 3 aliphatic heterocycles. The van der Waals surface area contributed by atoms with Crippen molar-refractivity contribution in [3.63, 3.8) is 0 Å². The van der Waals surface area contributed by atoms with Crippen LogP contribution in [0.4, 0.5) is 0 Å². The van der Waals surface area contributed by atoms with Crippen LogP contribution in [0.15, 0.2) is 0 Å². The highest BCUT2D eigenvalue weighted by Gasteiger charge is 2.31. The second kappa shape index (κ2) is 7.81. The predicted molar refractivity (Wildman–Crippen MR) is 85.7 cm³/mol. The maximum atomic E-state index is 12.8. The Hall–Kier alpha value is -0.300. The second-order valence-corrected chi connectivity index (χ2v) is 7.37. The van der Waals surface area contributed by atoms with E-state index in [2.05, 4.69) is 15.1 Å². The van der Waals surface area contributed by atoms with Gasteiger partial charge in [-0.3, -0.25) is 9.69 Å². The van der Waals surface area contributed by atoms with Crippen LogP contribution in [0, 0.1) is 0 Å². The summed E-state index contributed by atoms with van der Waals surface area (Å²) in [5.41, 5.74) is 0. The Labute approximate surface area is 131 Å². The molecule has 2 atom stereocenters. The van der Waals surface area contributed by atoms with Gasteiger partial charge < -0.3 is 15.0 Å². The molecule has 6 heteroatoms. The minimum atomic E-state index is 0.266. The van der Waals surface area contributed by atoms with E-state index in [9.17, 15) is 4.79 Å². The summed E-state index contributed by atoms with van der Waals surface area (Å²) in [5.74, 6) is 2.59. The molecule has 5 nitrogen and oxygen atoms in total. The van der Waals surface area contributed by atoms with Gasteiger partial charge in [0.2, 0.25) is 5.91 Å². The first-order valence-electron chi connectivity index (χ1n) is 8.25. The minimum Gasteiger partial charge on any atom is -0.376 e. The van der Waals surface area contributed by atoms with E-state index in [1.165, 1.54) is 5.75 Å². The number of hydrogen-bond acceptors (Lipinski definition) is 5. The van der Waals surface area contributed by atoms with Gasteiger partial charge in [0, 0.05) is 51.1 Å². The fourth-order valence-electron chi connectivity index (χ4n) is 3.38. The van der Waals surface area contributed by atoms with Crippen molar-refractivity contribution >= 4 is 17.7 Å². The van der Waals surface area contributed by atoms with E-state index >= 15 is 0 Å². The quantitative estimate of drug-likeness (QED) is 0.796. The van der Waals surface area contributed by atoms with Crippen LogP contribution in [0.1, 0.15) is 19.3 Å². The number of amides is 1. The lowest BCUT2D eigenvalue weighted by Gasteiger charge is -2.34. The highest BCUT2D eigenvalue weighted by atomic mass is 32.2. The second-order valence-electron chi connectivity index (χ2n) is 6.22. The molecular weight excluding hydrogens is 286 g/mol. The van der Waals surface area contributed by atoms with Gasteiger partial charge in [-0.05, 0) is 25.0 Å². The molecule has 0 aromatic rings. The van der Waals surface area contributed by atoms with Gasteiger partial charge in [-0.1, -0.05) is 0 Å². The van der Waals surface area contributed by atoms with Gasteiger partial charge in [0.1, 0.15) is 0 Å². The van der Waals surface area contributed by atoms with Gasteiger partial charge in [0.25, 0.3) is 0 Å². The summed E-state index contributed by atoms with van der Waals surface area (Å²) in [6.07, 6.45) is 3.66. The van der Waals surface area contributed by atoms with Crippen molar-refractivity contribution in [3.05, 3.63) is 0 Å². The summed E-state index contributed by atoms with van der Waals surface area (Å²) < 4.78 is 5.76. The summed E-state index contributed by atoms with van der Waals surface area (Å²) in [4.78, 5) is 17.2. The molecule has 3 heterocycles. The number of rotatable bonds is 5. The highest BCUT2D eigenvalue weighted by molar-refractivity contribution is 7.99. The molecule has 0 aromatic carbocycles. The first-order valence-corrected chi connectivity index (χ1v) is 9.40. The van der Waals surface area contributed by atoms with E-state index in [1.54, 1.807) is 0 Å². The monoisotopic (exact) mass is 313 g/mol. The molecule has 0 spiro atoms. The number of thioether (sulfide) groups is 1. The molecule has 0 aliphatic carbocycles. The van der Waals surface area contributed by atoms with Gasteiger partial charge in [-0.25, -0.2) is 0 Å². The zero-order valence-electron chi connectivity index (χ0n) is 12.8. The first kappa shape index (κ1) is 15.6. The Balaban J connectivity index is 1.57. The SMILES string of the molecule is O=C(CN1CCNCC1)N(CC1CCCO1)C1CCSC1. The summed E-state index contributed by atoms with van der Waals surface area (Å²) in [6, 6.07) is 0.426. The molecule has 21 heavy (non-hydrogen) atoms. The molecule has 120 valence electrons. The van der Waals surface area contributed by atoms with Crippen LogP contribution in [0.5, 0.6) is 0 Å². The van der Waals surface area contributed by atoms with Crippen molar-refractivity contribution in [1.82, 2.24) is 15.1 Å². The molecular formula is C15H27N3O2S. The zero-order chi connectivity index (χ0) is 14.5. The minimum absolute atomic E-state index is 0.266. The van der Waals surface area contributed by atoms with Crippen LogP contribution >= 0.6 is 11.8 Å². The summed E-state index contributed by atoms with van der Waals surface area (Å²) in [5, 5.41) is 3.34. The van der Waals surface area contributed by atoms with Crippen molar-refractivity contribution in [2.24, 2.45) is 0 Å². The third kappa shape index (κ3) is 4.34. The molecule has 0 saturated carbocycles. The lowest BCUT2D eigenvalue weighted by atomic mass is 10.1.